The van der Waals surface area contributed by atoms with Gasteiger partial charge in [-0.05, 0) is 37.1 Å². The van der Waals surface area contributed by atoms with Gasteiger partial charge in [0.15, 0.2) is 10.7 Å². The van der Waals surface area contributed by atoms with Crippen LogP contribution in [0.2, 0.25) is 0 Å². The van der Waals surface area contributed by atoms with Crippen LogP contribution < -0.4 is 5.32 Å². The Kier molecular flexibility index (Phi) is 2.73. The zero-order valence-corrected chi connectivity index (χ0v) is 8.87. The highest BCUT2D eigenvalue weighted by Gasteiger charge is 2.23. The maximum absolute atomic E-state index is 11.5. The van der Waals surface area contributed by atoms with E-state index in [1.807, 2.05) is 0 Å². The van der Waals surface area contributed by atoms with Gasteiger partial charge in [0.05, 0.1) is 4.90 Å². The number of rotatable bonds is 3. The van der Waals surface area contributed by atoms with Crippen molar-refractivity contribution in [3.8, 4) is 0 Å². The smallest absolute Gasteiger partial charge is 0.251 e. The second-order valence-corrected chi connectivity index (χ2v) is 4.58. The lowest BCUT2D eigenvalue weighted by atomic mass is 10.2. The summed E-state index contributed by atoms with van der Waals surface area (Å²) in [7, 11) is -2.56. The molecule has 80 valence electrons. The lowest BCUT2D eigenvalue weighted by Gasteiger charge is -2.02. The number of thiol groups is 1. The van der Waals surface area contributed by atoms with E-state index in [1.54, 1.807) is 0 Å². The molecular weight excluding hydrogens is 214 g/mol. The van der Waals surface area contributed by atoms with Crippen molar-refractivity contribution in [3.63, 3.8) is 0 Å². The van der Waals surface area contributed by atoms with Crippen molar-refractivity contribution in [2.24, 2.45) is 0 Å². The summed E-state index contributed by atoms with van der Waals surface area (Å²) in [5.41, 5.74) is 0.502. The van der Waals surface area contributed by atoms with Crippen LogP contribution in [0.3, 0.4) is 0 Å². The monoisotopic (exact) mass is 225 g/mol. The summed E-state index contributed by atoms with van der Waals surface area (Å²) in [5.74, 6) is -0.134. The molecule has 4 nitrogen and oxygen atoms in total. The van der Waals surface area contributed by atoms with Gasteiger partial charge < -0.3 is 5.32 Å². The van der Waals surface area contributed by atoms with Gasteiger partial charge in [0.25, 0.3) is 5.91 Å². The Labute approximate surface area is 89.3 Å². The zero-order valence-electron chi connectivity index (χ0n) is 7.97. The van der Waals surface area contributed by atoms with Crippen LogP contribution in [-0.4, -0.2) is 20.4 Å². The molecule has 0 aromatic heterocycles. The van der Waals surface area contributed by atoms with Gasteiger partial charge in [-0.15, -0.1) is 0 Å². The Morgan fingerprint density at radius 2 is 1.80 bits per heavy atom. The predicted molar refractivity (Wildman–Crippen MR) is 55.5 cm³/mol. The van der Waals surface area contributed by atoms with Gasteiger partial charge in [-0.3, -0.25) is 4.79 Å². The number of hydrogen-bond acceptors (Lipinski definition) is 3. The molecule has 0 spiro atoms. The first-order valence-corrected chi connectivity index (χ1v) is 5.90. The highest BCUT2D eigenvalue weighted by molar-refractivity contribution is 7.72. The predicted octanol–water partition coefficient (Wildman–Crippen LogP) is 0.549. The molecule has 0 unspecified atom stereocenters. The SMILES string of the molecule is O=C(NC1CC1)c1ccc([SH](=O)=O)cc1. The summed E-state index contributed by atoms with van der Waals surface area (Å²) in [6.07, 6.45) is 2.08. The van der Waals surface area contributed by atoms with Gasteiger partial charge in [0, 0.05) is 11.6 Å². The van der Waals surface area contributed by atoms with Crippen LogP contribution >= 0.6 is 0 Å². The third kappa shape index (κ3) is 2.56. The fourth-order valence-electron chi connectivity index (χ4n) is 1.23. The number of hydrogen-bond donors (Lipinski definition) is 2. The third-order valence-corrected chi connectivity index (χ3v) is 2.97. The molecule has 15 heavy (non-hydrogen) atoms. The first-order valence-electron chi connectivity index (χ1n) is 4.72. The first-order chi connectivity index (χ1) is 7.16. The highest BCUT2D eigenvalue weighted by Crippen LogP contribution is 2.19. The fourth-order valence-corrected chi connectivity index (χ4v) is 1.62. The lowest BCUT2D eigenvalue weighted by Crippen LogP contribution is -2.25. The second kappa shape index (κ2) is 4.02. The molecule has 0 saturated heterocycles. The van der Waals surface area contributed by atoms with E-state index in [-0.39, 0.29) is 10.8 Å². The Bertz CT molecular complexity index is 438. The van der Waals surface area contributed by atoms with Gasteiger partial charge in [0.2, 0.25) is 0 Å². The molecule has 1 amide bonds. The van der Waals surface area contributed by atoms with E-state index in [4.69, 9.17) is 0 Å². The average Bonchev–Trinajstić information content (AvgIpc) is 3.02. The Morgan fingerprint density at radius 3 is 2.27 bits per heavy atom. The van der Waals surface area contributed by atoms with Gasteiger partial charge in [-0.2, -0.15) is 0 Å². The summed E-state index contributed by atoms with van der Waals surface area (Å²) >= 11 is 0. The van der Waals surface area contributed by atoms with E-state index >= 15 is 0 Å². The molecule has 0 aliphatic heterocycles. The molecule has 5 heteroatoms. The third-order valence-electron chi connectivity index (χ3n) is 2.25. The summed E-state index contributed by atoms with van der Waals surface area (Å²) in [4.78, 5) is 11.7. The maximum Gasteiger partial charge on any atom is 0.251 e. The number of carbonyl (C=O) groups is 1. The van der Waals surface area contributed by atoms with Crippen LogP contribution in [0.5, 0.6) is 0 Å². The topological polar surface area (TPSA) is 63.2 Å². The number of nitrogens with one attached hydrogen (secondary N) is 1. The summed E-state index contributed by atoms with van der Waals surface area (Å²) in [6, 6.07) is 6.24. The number of carbonyl (C=O) groups excluding carboxylic acids is 1. The van der Waals surface area contributed by atoms with Crippen molar-refractivity contribution >= 4 is 16.6 Å². The van der Waals surface area contributed by atoms with E-state index in [0.29, 0.717) is 11.6 Å². The van der Waals surface area contributed by atoms with Crippen LogP contribution in [0.15, 0.2) is 29.2 Å². The normalized spacial score (nSPS) is 15.3. The molecule has 2 rings (SSSR count). The van der Waals surface area contributed by atoms with Crippen LogP contribution in [-0.2, 0) is 10.7 Å². The molecule has 0 bridgehead atoms. The van der Waals surface area contributed by atoms with Crippen molar-refractivity contribution in [1.29, 1.82) is 0 Å². The van der Waals surface area contributed by atoms with Crippen molar-refractivity contribution in [1.82, 2.24) is 5.32 Å². The van der Waals surface area contributed by atoms with Crippen molar-refractivity contribution in [2.75, 3.05) is 0 Å². The minimum Gasteiger partial charge on any atom is -0.349 e. The van der Waals surface area contributed by atoms with E-state index in [2.05, 4.69) is 5.32 Å². The fraction of sp³-hybridized carbons (Fsp3) is 0.300. The second-order valence-electron chi connectivity index (χ2n) is 3.55. The largest absolute Gasteiger partial charge is 0.349 e. The minimum atomic E-state index is -2.56. The summed E-state index contributed by atoms with van der Waals surface area (Å²) in [6.45, 7) is 0. The van der Waals surface area contributed by atoms with E-state index < -0.39 is 10.7 Å². The van der Waals surface area contributed by atoms with E-state index in [0.717, 1.165) is 12.8 Å². The Hall–Kier alpha value is -1.36. The van der Waals surface area contributed by atoms with E-state index in [1.165, 1.54) is 24.3 Å². The number of amides is 1. The van der Waals surface area contributed by atoms with Gasteiger partial charge in [-0.25, -0.2) is 8.42 Å². The van der Waals surface area contributed by atoms with Crippen molar-refractivity contribution in [2.45, 2.75) is 23.8 Å². The van der Waals surface area contributed by atoms with Gasteiger partial charge in [0.1, 0.15) is 0 Å². The van der Waals surface area contributed by atoms with Crippen LogP contribution in [0.25, 0.3) is 0 Å². The lowest BCUT2D eigenvalue weighted by molar-refractivity contribution is 0.0951. The van der Waals surface area contributed by atoms with E-state index in [9.17, 15) is 13.2 Å². The zero-order chi connectivity index (χ0) is 10.8. The van der Waals surface area contributed by atoms with Crippen LogP contribution in [0, 0.1) is 0 Å². The molecule has 1 saturated carbocycles. The molecule has 0 radical (unpaired) electrons. The highest BCUT2D eigenvalue weighted by atomic mass is 32.2. The quantitative estimate of drug-likeness (QED) is 0.738. The number of benzene rings is 1. The first kappa shape index (κ1) is 10.2. The van der Waals surface area contributed by atoms with Gasteiger partial charge in [-0.1, -0.05) is 0 Å². The Morgan fingerprint density at radius 1 is 1.20 bits per heavy atom. The van der Waals surface area contributed by atoms with Crippen molar-refractivity contribution in [3.05, 3.63) is 29.8 Å². The molecule has 0 heterocycles. The minimum absolute atomic E-state index is 0.134. The molecular formula is C10H11NO3S. The molecule has 1 fully saturated rings. The average molecular weight is 225 g/mol. The Balaban J connectivity index is 2.11. The maximum atomic E-state index is 11.5. The molecule has 1 N–H and O–H groups in total. The standard InChI is InChI=1S/C10H11NO3S/c12-10(11-8-3-4-8)7-1-5-9(6-2-7)15(13)14/h1-2,5-6,8,15H,3-4H2,(H,11,12). The van der Waals surface area contributed by atoms with Gasteiger partial charge >= 0.3 is 0 Å². The molecule has 1 aliphatic rings. The van der Waals surface area contributed by atoms with Crippen molar-refractivity contribution < 1.29 is 13.2 Å². The summed E-state index contributed by atoms with van der Waals surface area (Å²) in [5, 5.41) is 2.83. The molecule has 1 aromatic carbocycles. The molecule has 1 aromatic rings. The molecule has 0 atom stereocenters. The molecule has 1 aliphatic carbocycles. The van der Waals surface area contributed by atoms with Crippen LogP contribution in [0.1, 0.15) is 23.2 Å². The summed E-state index contributed by atoms with van der Waals surface area (Å²) < 4.78 is 21.2. The van der Waals surface area contributed by atoms with Crippen LogP contribution in [0.4, 0.5) is 0 Å².